The number of benzene rings is 2. The second-order valence-electron chi connectivity index (χ2n) is 4.06. The fourth-order valence-corrected chi connectivity index (χ4v) is 2.83. The third kappa shape index (κ3) is 3.77. The van der Waals surface area contributed by atoms with E-state index in [2.05, 4.69) is 24.3 Å². The van der Waals surface area contributed by atoms with E-state index in [1.165, 1.54) is 15.4 Å². The number of hydrogen-bond donors (Lipinski definition) is 1. The van der Waals surface area contributed by atoms with Crippen molar-refractivity contribution < 1.29 is 0 Å². The van der Waals surface area contributed by atoms with Crippen molar-refractivity contribution in [2.75, 3.05) is 6.54 Å². The van der Waals surface area contributed by atoms with Crippen molar-refractivity contribution in [3.05, 3.63) is 59.1 Å². The summed E-state index contributed by atoms with van der Waals surface area (Å²) < 4.78 is 0. The lowest BCUT2D eigenvalue weighted by Crippen LogP contribution is -2.00. The largest absolute Gasteiger partial charge is 0.330 e. The molecule has 2 aromatic rings. The van der Waals surface area contributed by atoms with Crippen LogP contribution in [0.4, 0.5) is 0 Å². The molecule has 0 fully saturated rings. The fraction of sp³-hybridized carbons (Fsp3) is 0.200. The highest BCUT2D eigenvalue weighted by atomic mass is 35.5. The molecule has 0 spiro atoms. The van der Waals surface area contributed by atoms with Crippen LogP contribution in [-0.2, 0) is 6.42 Å². The van der Waals surface area contributed by atoms with Crippen LogP contribution < -0.4 is 5.73 Å². The summed E-state index contributed by atoms with van der Waals surface area (Å²) in [5.41, 5.74) is 6.94. The number of rotatable bonds is 5. The first kappa shape index (κ1) is 13.5. The van der Waals surface area contributed by atoms with E-state index < -0.39 is 0 Å². The summed E-state index contributed by atoms with van der Waals surface area (Å²) in [6.45, 7) is 0.736. The Morgan fingerprint density at radius 3 is 2.44 bits per heavy atom. The lowest BCUT2D eigenvalue weighted by atomic mass is 10.1. The van der Waals surface area contributed by atoms with Gasteiger partial charge in [-0.25, -0.2) is 0 Å². The van der Waals surface area contributed by atoms with Gasteiger partial charge < -0.3 is 5.73 Å². The molecule has 0 aliphatic carbocycles. The minimum absolute atomic E-state index is 0.736. The highest BCUT2D eigenvalue weighted by Gasteiger charge is 2.03. The predicted octanol–water partition coefficient (Wildman–Crippen LogP) is 4.38. The van der Waals surface area contributed by atoms with Gasteiger partial charge in [-0.05, 0) is 55.3 Å². The van der Waals surface area contributed by atoms with Crippen molar-refractivity contribution in [3.63, 3.8) is 0 Å². The van der Waals surface area contributed by atoms with Crippen LogP contribution in [0.15, 0.2) is 58.3 Å². The Labute approximate surface area is 117 Å². The quantitative estimate of drug-likeness (QED) is 0.878. The summed E-state index contributed by atoms with van der Waals surface area (Å²) in [5.74, 6) is 0. The molecule has 0 bridgehead atoms. The Morgan fingerprint density at radius 2 is 1.72 bits per heavy atom. The van der Waals surface area contributed by atoms with Gasteiger partial charge in [-0.1, -0.05) is 41.6 Å². The third-order valence-electron chi connectivity index (χ3n) is 2.66. The fourth-order valence-electron chi connectivity index (χ4n) is 1.73. The maximum Gasteiger partial charge on any atom is 0.0406 e. The van der Waals surface area contributed by atoms with Crippen LogP contribution >= 0.6 is 23.4 Å². The lowest BCUT2D eigenvalue weighted by Gasteiger charge is -2.08. The first-order chi connectivity index (χ1) is 8.79. The molecule has 0 amide bonds. The van der Waals surface area contributed by atoms with E-state index in [0.717, 1.165) is 24.4 Å². The molecular formula is C15H16ClNS. The minimum Gasteiger partial charge on any atom is -0.330 e. The van der Waals surface area contributed by atoms with Crippen molar-refractivity contribution in [1.82, 2.24) is 0 Å². The van der Waals surface area contributed by atoms with E-state index in [1.54, 1.807) is 11.8 Å². The van der Waals surface area contributed by atoms with Crippen LogP contribution in [-0.4, -0.2) is 6.54 Å². The molecule has 0 aromatic heterocycles. The van der Waals surface area contributed by atoms with E-state index in [-0.39, 0.29) is 0 Å². The van der Waals surface area contributed by atoms with Crippen LogP contribution in [0.25, 0.3) is 0 Å². The Kier molecular flexibility index (Phi) is 5.12. The number of nitrogens with two attached hydrogens (primary N) is 1. The van der Waals surface area contributed by atoms with Gasteiger partial charge in [0, 0.05) is 14.8 Å². The zero-order valence-electron chi connectivity index (χ0n) is 10.1. The normalized spacial score (nSPS) is 10.6. The van der Waals surface area contributed by atoms with Crippen LogP contribution in [0.3, 0.4) is 0 Å². The van der Waals surface area contributed by atoms with Crippen molar-refractivity contribution in [2.45, 2.75) is 22.6 Å². The van der Waals surface area contributed by atoms with Crippen molar-refractivity contribution in [2.24, 2.45) is 5.73 Å². The van der Waals surface area contributed by atoms with Crippen molar-refractivity contribution in [1.29, 1.82) is 0 Å². The van der Waals surface area contributed by atoms with Gasteiger partial charge in [-0.15, -0.1) is 0 Å². The van der Waals surface area contributed by atoms with Crippen LogP contribution in [0.1, 0.15) is 12.0 Å². The molecule has 0 atom stereocenters. The van der Waals surface area contributed by atoms with Crippen molar-refractivity contribution in [3.8, 4) is 0 Å². The molecule has 2 N–H and O–H groups in total. The molecular weight excluding hydrogens is 262 g/mol. The Balaban J connectivity index is 2.15. The molecule has 0 aliphatic rings. The van der Waals surface area contributed by atoms with Crippen molar-refractivity contribution >= 4 is 23.4 Å². The standard InChI is InChI=1S/C15H16ClNS/c16-13-7-9-14(10-8-13)18-15-6-2-1-4-12(15)5-3-11-17/h1-2,4,6-10H,3,5,11,17H2. The summed E-state index contributed by atoms with van der Waals surface area (Å²) in [4.78, 5) is 2.51. The van der Waals surface area contributed by atoms with Crippen LogP contribution in [0, 0.1) is 0 Å². The molecule has 94 valence electrons. The van der Waals surface area contributed by atoms with E-state index in [1.807, 2.05) is 24.3 Å². The second-order valence-corrected chi connectivity index (χ2v) is 5.61. The zero-order chi connectivity index (χ0) is 12.8. The molecule has 2 rings (SSSR count). The Morgan fingerprint density at radius 1 is 1.00 bits per heavy atom. The molecule has 18 heavy (non-hydrogen) atoms. The van der Waals surface area contributed by atoms with E-state index >= 15 is 0 Å². The van der Waals surface area contributed by atoms with Gasteiger partial charge in [0.15, 0.2) is 0 Å². The predicted molar refractivity (Wildman–Crippen MR) is 79.4 cm³/mol. The maximum absolute atomic E-state index is 5.89. The molecule has 3 heteroatoms. The second kappa shape index (κ2) is 6.83. The number of aryl methyl sites for hydroxylation is 1. The van der Waals surface area contributed by atoms with Gasteiger partial charge in [0.2, 0.25) is 0 Å². The molecule has 0 unspecified atom stereocenters. The molecule has 0 aliphatic heterocycles. The van der Waals surface area contributed by atoms with Gasteiger partial charge in [0.1, 0.15) is 0 Å². The summed E-state index contributed by atoms with van der Waals surface area (Å²) >= 11 is 7.67. The zero-order valence-corrected chi connectivity index (χ0v) is 11.7. The lowest BCUT2D eigenvalue weighted by molar-refractivity contribution is 0.821. The highest BCUT2D eigenvalue weighted by Crippen LogP contribution is 2.31. The van der Waals surface area contributed by atoms with Gasteiger partial charge in [0.25, 0.3) is 0 Å². The summed E-state index contributed by atoms with van der Waals surface area (Å²) in [6.07, 6.45) is 2.06. The van der Waals surface area contributed by atoms with Gasteiger partial charge in [-0.3, -0.25) is 0 Å². The Hall–Kier alpha value is -0.960. The number of halogens is 1. The van der Waals surface area contributed by atoms with E-state index in [0.29, 0.717) is 0 Å². The smallest absolute Gasteiger partial charge is 0.0406 e. The number of hydrogen-bond acceptors (Lipinski definition) is 2. The first-order valence-corrected chi connectivity index (χ1v) is 7.20. The summed E-state index contributed by atoms with van der Waals surface area (Å²) in [6, 6.07) is 16.4. The average Bonchev–Trinajstić information content (AvgIpc) is 2.40. The molecule has 0 radical (unpaired) electrons. The van der Waals surface area contributed by atoms with Gasteiger partial charge >= 0.3 is 0 Å². The molecule has 0 saturated heterocycles. The molecule has 1 nitrogen and oxygen atoms in total. The topological polar surface area (TPSA) is 26.0 Å². The van der Waals surface area contributed by atoms with E-state index in [4.69, 9.17) is 17.3 Å². The SMILES string of the molecule is NCCCc1ccccc1Sc1ccc(Cl)cc1. The molecule has 0 heterocycles. The van der Waals surface area contributed by atoms with Crippen LogP contribution in [0.2, 0.25) is 5.02 Å². The minimum atomic E-state index is 0.736. The highest BCUT2D eigenvalue weighted by molar-refractivity contribution is 7.99. The molecule has 0 saturated carbocycles. The van der Waals surface area contributed by atoms with Crippen LogP contribution in [0.5, 0.6) is 0 Å². The third-order valence-corrected chi connectivity index (χ3v) is 4.04. The monoisotopic (exact) mass is 277 g/mol. The van der Waals surface area contributed by atoms with Gasteiger partial charge in [0.05, 0.1) is 0 Å². The average molecular weight is 278 g/mol. The molecule has 2 aromatic carbocycles. The summed E-state index contributed by atoms with van der Waals surface area (Å²) in [5, 5.41) is 0.774. The van der Waals surface area contributed by atoms with E-state index in [9.17, 15) is 0 Å². The maximum atomic E-state index is 5.89. The summed E-state index contributed by atoms with van der Waals surface area (Å²) in [7, 11) is 0. The first-order valence-electron chi connectivity index (χ1n) is 6.01. The Bertz CT molecular complexity index is 496. The van der Waals surface area contributed by atoms with Gasteiger partial charge in [-0.2, -0.15) is 0 Å².